The number of benzene rings is 1. The van der Waals surface area contributed by atoms with Gasteiger partial charge in [0.1, 0.15) is 11.2 Å². The zero-order chi connectivity index (χ0) is 13.2. The highest BCUT2D eigenvalue weighted by atomic mass is 16.3. The number of hydrogen-bond donors (Lipinski definition) is 2. The van der Waals surface area contributed by atoms with Crippen molar-refractivity contribution in [3.05, 3.63) is 36.1 Å². The smallest absolute Gasteiger partial charge is 0.133 e. The molecule has 0 saturated carbocycles. The second-order valence-corrected chi connectivity index (χ2v) is 4.86. The Morgan fingerprint density at radius 1 is 1.39 bits per heavy atom. The third-order valence-corrected chi connectivity index (χ3v) is 3.73. The van der Waals surface area contributed by atoms with E-state index in [1.54, 1.807) is 6.26 Å². The highest BCUT2D eigenvalue weighted by Crippen LogP contribution is 2.32. The molecule has 1 aromatic heterocycles. The van der Waals surface area contributed by atoms with Crippen molar-refractivity contribution in [2.45, 2.75) is 38.3 Å². The van der Waals surface area contributed by atoms with Crippen molar-refractivity contribution in [2.24, 2.45) is 0 Å². The molecule has 0 fully saturated rings. The summed E-state index contributed by atoms with van der Waals surface area (Å²) in [6.07, 6.45) is 3.35. The van der Waals surface area contributed by atoms with E-state index >= 15 is 0 Å². The fraction of sp³-hybridized carbons (Fsp3) is 0.467. The second kappa shape index (κ2) is 5.12. The van der Waals surface area contributed by atoms with Gasteiger partial charge in [-0.25, -0.2) is 0 Å². The minimum Gasteiger partial charge on any atom is -0.464 e. The first-order chi connectivity index (χ1) is 8.61. The molecule has 2 atom stereocenters. The van der Waals surface area contributed by atoms with Gasteiger partial charge >= 0.3 is 0 Å². The Labute approximate surface area is 108 Å². The summed E-state index contributed by atoms with van der Waals surface area (Å²) in [5, 5.41) is 15.1. The number of rotatable bonds is 5. The molecule has 0 aliphatic heterocycles. The van der Waals surface area contributed by atoms with Crippen molar-refractivity contribution in [3.63, 3.8) is 0 Å². The standard InChI is InChI=1S/C15H21NO2/c1-4-8-15(17,11(2)16-3)13-5-6-14-12(10-13)7-9-18-14/h5-7,9-11,16-17H,4,8H2,1-3H3. The molecule has 0 amide bonds. The van der Waals surface area contributed by atoms with Crippen LogP contribution in [0, 0.1) is 0 Å². The number of hydrogen-bond acceptors (Lipinski definition) is 3. The lowest BCUT2D eigenvalue weighted by atomic mass is 9.83. The topological polar surface area (TPSA) is 45.4 Å². The molecule has 2 rings (SSSR count). The fourth-order valence-corrected chi connectivity index (χ4v) is 2.47. The molecule has 0 aliphatic carbocycles. The van der Waals surface area contributed by atoms with Crippen molar-refractivity contribution >= 4 is 11.0 Å². The van der Waals surface area contributed by atoms with Gasteiger partial charge in [0.25, 0.3) is 0 Å². The van der Waals surface area contributed by atoms with Crippen LogP contribution < -0.4 is 5.32 Å². The Balaban J connectivity index is 2.46. The molecule has 1 aromatic carbocycles. The van der Waals surface area contributed by atoms with Gasteiger partial charge < -0.3 is 14.8 Å². The summed E-state index contributed by atoms with van der Waals surface area (Å²) in [5.41, 5.74) is 0.962. The van der Waals surface area contributed by atoms with Gasteiger partial charge in [-0.05, 0) is 44.2 Å². The molecule has 2 N–H and O–H groups in total. The van der Waals surface area contributed by atoms with Crippen LogP contribution in [0.15, 0.2) is 34.9 Å². The molecular weight excluding hydrogens is 226 g/mol. The minimum atomic E-state index is -0.838. The first kappa shape index (κ1) is 13.1. The molecule has 2 aromatic rings. The molecule has 0 radical (unpaired) electrons. The lowest BCUT2D eigenvalue weighted by molar-refractivity contribution is -0.00405. The summed E-state index contributed by atoms with van der Waals surface area (Å²) in [6.45, 7) is 4.10. The van der Waals surface area contributed by atoms with Gasteiger partial charge in [-0.2, -0.15) is 0 Å². The van der Waals surface area contributed by atoms with E-state index in [0.29, 0.717) is 0 Å². The Morgan fingerprint density at radius 2 is 2.17 bits per heavy atom. The number of likely N-dealkylation sites (N-methyl/N-ethyl adjacent to an activating group) is 1. The van der Waals surface area contributed by atoms with Crippen LogP contribution in [0.4, 0.5) is 0 Å². The molecule has 3 heteroatoms. The number of fused-ring (bicyclic) bond motifs is 1. The molecule has 98 valence electrons. The maximum Gasteiger partial charge on any atom is 0.133 e. The largest absolute Gasteiger partial charge is 0.464 e. The van der Waals surface area contributed by atoms with Crippen LogP contribution in [-0.2, 0) is 5.60 Å². The van der Waals surface area contributed by atoms with Gasteiger partial charge in [0.15, 0.2) is 0 Å². The minimum absolute atomic E-state index is 0.00167. The van der Waals surface area contributed by atoms with Crippen LogP contribution in [0.3, 0.4) is 0 Å². The van der Waals surface area contributed by atoms with Crippen molar-refractivity contribution in [1.29, 1.82) is 0 Å². The third-order valence-electron chi connectivity index (χ3n) is 3.73. The van der Waals surface area contributed by atoms with Crippen molar-refractivity contribution < 1.29 is 9.52 Å². The Hall–Kier alpha value is -1.32. The summed E-state index contributed by atoms with van der Waals surface area (Å²) >= 11 is 0. The van der Waals surface area contributed by atoms with Gasteiger partial charge in [0.2, 0.25) is 0 Å². The zero-order valence-corrected chi connectivity index (χ0v) is 11.2. The van der Waals surface area contributed by atoms with Crippen LogP contribution in [0.25, 0.3) is 11.0 Å². The van der Waals surface area contributed by atoms with E-state index < -0.39 is 5.60 Å². The maximum absolute atomic E-state index is 11.0. The van der Waals surface area contributed by atoms with E-state index in [1.807, 2.05) is 38.2 Å². The maximum atomic E-state index is 11.0. The van der Waals surface area contributed by atoms with Gasteiger partial charge in [-0.3, -0.25) is 0 Å². The average molecular weight is 247 g/mol. The van der Waals surface area contributed by atoms with E-state index in [2.05, 4.69) is 12.2 Å². The highest BCUT2D eigenvalue weighted by Gasteiger charge is 2.34. The summed E-state index contributed by atoms with van der Waals surface area (Å²) < 4.78 is 5.34. The molecule has 1 heterocycles. The molecule has 2 unspecified atom stereocenters. The van der Waals surface area contributed by atoms with Crippen LogP contribution in [0.1, 0.15) is 32.3 Å². The van der Waals surface area contributed by atoms with Crippen molar-refractivity contribution in [1.82, 2.24) is 5.32 Å². The second-order valence-electron chi connectivity index (χ2n) is 4.86. The van der Waals surface area contributed by atoms with E-state index in [0.717, 1.165) is 29.4 Å². The van der Waals surface area contributed by atoms with E-state index in [-0.39, 0.29) is 6.04 Å². The molecule has 3 nitrogen and oxygen atoms in total. The van der Waals surface area contributed by atoms with Gasteiger partial charge in [0.05, 0.1) is 6.26 Å². The Kier molecular flexibility index (Phi) is 3.73. The van der Waals surface area contributed by atoms with E-state index in [4.69, 9.17) is 4.42 Å². The summed E-state index contributed by atoms with van der Waals surface area (Å²) in [5.74, 6) is 0. The zero-order valence-electron chi connectivity index (χ0n) is 11.2. The van der Waals surface area contributed by atoms with Crippen LogP contribution in [-0.4, -0.2) is 18.2 Å². The summed E-state index contributed by atoms with van der Waals surface area (Å²) in [6, 6.07) is 7.82. The number of aliphatic hydroxyl groups is 1. The normalized spacial score (nSPS) is 16.7. The fourth-order valence-electron chi connectivity index (χ4n) is 2.47. The molecule has 0 aliphatic rings. The molecule has 0 spiro atoms. The highest BCUT2D eigenvalue weighted by molar-refractivity contribution is 5.78. The average Bonchev–Trinajstić information content (AvgIpc) is 2.85. The molecule has 0 bridgehead atoms. The van der Waals surface area contributed by atoms with Crippen molar-refractivity contribution in [2.75, 3.05) is 7.05 Å². The molecule has 18 heavy (non-hydrogen) atoms. The monoisotopic (exact) mass is 247 g/mol. The first-order valence-corrected chi connectivity index (χ1v) is 6.49. The predicted molar refractivity (Wildman–Crippen MR) is 73.5 cm³/mol. The van der Waals surface area contributed by atoms with Crippen LogP contribution in [0.5, 0.6) is 0 Å². The SMILES string of the molecule is CCCC(O)(c1ccc2occc2c1)C(C)NC. The third kappa shape index (κ3) is 2.16. The number of furan rings is 1. The molecule has 0 saturated heterocycles. The summed E-state index contributed by atoms with van der Waals surface area (Å²) in [4.78, 5) is 0. The Bertz CT molecular complexity index is 520. The lowest BCUT2D eigenvalue weighted by Crippen LogP contribution is -2.45. The quantitative estimate of drug-likeness (QED) is 0.853. The summed E-state index contributed by atoms with van der Waals surface area (Å²) in [7, 11) is 1.88. The van der Waals surface area contributed by atoms with Crippen LogP contribution >= 0.6 is 0 Å². The van der Waals surface area contributed by atoms with Gasteiger partial charge in [-0.1, -0.05) is 19.4 Å². The van der Waals surface area contributed by atoms with Gasteiger partial charge in [0, 0.05) is 11.4 Å². The van der Waals surface area contributed by atoms with E-state index in [1.165, 1.54) is 0 Å². The van der Waals surface area contributed by atoms with E-state index in [9.17, 15) is 5.11 Å². The predicted octanol–water partition coefficient (Wildman–Crippen LogP) is 3.03. The van der Waals surface area contributed by atoms with Gasteiger partial charge in [-0.15, -0.1) is 0 Å². The lowest BCUT2D eigenvalue weighted by Gasteiger charge is -2.34. The molecular formula is C15H21NO2. The van der Waals surface area contributed by atoms with Crippen molar-refractivity contribution in [3.8, 4) is 0 Å². The first-order valence-electron chi connectivity index (χ1n) is 6.49. The number of nitrogens with one attached hydrogen (secondary N) is 1. The van der Waals surface area contributed by atoms with Crippen LogP contribution in [0.2, 0.25) is 0 Å². The Morgan fingerprint density at radius 3 is 2.83 bits per heavy atom.